The summed E-state index contributed by atoms with van der Waals surface area (Å²) >= 11 is 0. The SMILES string of the molecule is CCOc1cc(C(=O)NCC(c2cccc(OC)c2)N2CCCC2)cc(OCC)c1OCC. The minimum absolute atomic E-state index is 0.0759. The molecule has 0 aliphatic carbocycles. The lowest BCUT2D eigenvalue weighted by atomic mass is 10.0. The molecule has 7 nitrogen and oxygen atoms in total. The molecule has 2 aromatic rings. The molecule has 1 fully saturated rings. The zero-order chi connectivity index (χ0) is 23.6. The predicted molar refractivity (Wildman–Crippen MR) is 129 cm³/mol. The molecule has 1 saturated heterocycles. The molecule has 0 aromatic heterocycles. The van der Waals surface area contributed by atoms with Crippen LogP contribution in [0.25, 0.3) is 0 Å². The molecule has 0 saturated carbocycles. The van der Waals surface area contributed by atoms with Crippen molar-refractivity contribution in [2.45, 2.75) is 39.7 Å². The van der Waals surface area contributed by atoms with Gasteiger partial charge in [-0.3, -0.25) is 9.69 Å². The van der Waals surface area contributed by atoms with Gasteiger partial charge < -0.3 is 24.3 Å². The summed E-state index contributed by atoms with van der Waals surface area (Å²) in [6.07, 6.45) is 2.34. The van der Waals surface area contributed by atoms with Crippen molar-refractivity contribution < 1.29 is 23.7 Å². The lowest BCUT2D eigenvalue weighted by Crippen LogP contribution is -2.36. The number of carbonyl (C=O) groups excluding carboxylic acids is 1. The molecular formula is C26H36N2O5. The number of hydrogen-bond donors (Lipinski definition) is 1. The lowest BCUT2D eigenvalue weighted by molar-refractivity contribution is 0.0936. The highest BCUT2D eigenvalue weighted by Gasteiger charge is 2.25. The van der Waals surface area contributed by atoms with Crippen molar-refractivity contribution in [1.29, 1.82) is 0 Å². The van der Waals surface area contributed by atoms with E-state index in [4.69, 9.17) is 18.9 Å². The monoisotopic (exact) mass is 456 g/mol. The summed E-state index contributed by atoms with van der Waals surface area (Å²) in [5, 5.41) is 3.13. The third-order valence-corrected chi connectivity index (χ3v) is 5.69. The molecule has 3 rings (SSSR count). The first-order valence-corrected chi connectivity index (χ1v) is 11.8. The fraction of sp³-hybridized carbons (Fsp3) is 0.500. The van der Waals surface area contributed by atoms with Gasteiger partial charge in [-0.15, -0.1) is 0 Å². The van der Waals surface area contributed by atoms with Gasteiger partial charge in [-0.25, -0.2) is 0 Å². The van der Waals surface area contributed by atoms with E-state index < -0.39 is 0 Å². The van der Waals surface area contributed by atoms with E-state index in [2.05, 4.69) is 16.3 Å². The molecule has 1 amide bonds. The molecular weight excluding hydrogens is 420 g/mol. The van der Waals surface area contributed by atoms with Crippen LogP contribution in [0.5, 0.6) is 23.0 Å². The third-order valence-electron chi connectivity index (χ3n) is 5.69. The van der Waals surface area contributed by atoms with Crippen molar-refractivity contribution in [3.05, 3.63) is 47.5 Å². The molecule has 1 atom stereocenters. The number of methoxy groups -OCH3 is 1. The van der Waals surface area contributed by atoms with Gasteiger partial charge in [0.25, 0.3) is 5.91 Å². The van der Waals surface area contributed by atoms with Crippen LogP contribution in [0, 0.1) is 0 Å². The van der Waals surface area contributed by atoms with E-state index in [1.807, 2.05) is 39.0 Å². The summed E-state index contributed by atoms with van der Waals surface area (Å²) in [5.74, 6) is 2.20. The number of nitrogens with one attached hydrogen (secondary N) is 1. The topological polar surface area (TPSA) is 69.3 Å². The van der Waals surface area contributed by atoms with Gasteiger partial charge in [-0.2, -0.15) is 0 Å². The van der Waals surface area contributed by atoms with Crippen LogP contribution in [-0.2, 0) is 0 Å². The van der Waals surface area contributed by atoms with Gasteiger partial charge in [0, 0.05) is 12.1 Å². The zero-order valence-corrected chi connectivity index (χ0v) is 20.2. The van der Waals surface area contributed by atoms with Crippen molar-refractivity contribution in [2.24, 2.45) is 0 Å². The number of benzene rings is 2. The Hall–Kier alpha value is -2.93. The summed E-state index contributed by atoms with van der Waals surface area (Å²) in [4.78, 5) is 15.6. The second-order valence-electron chi connectivity index (χ2n) is 7.85. The van der Waals surface area contributed by atoms with Gasteiger partial charge in [-0.1, -0.05) is 12.1 Å². The van der Waals surface area contributed by atoms with Crippen molar-refractivity contribution in [3.63, 3.8) is 0 Å². The number of amides is 1. The third kappa shape index (κ3) is 6.32. The van der Waals surface area contributed by atoms with Crippen molar-refractivity contribution in [1.82, 2.24) is 10.2 Å². The molecule has 1 heterocycles. The van der Waals surface area contributed by atoms with E-state index in [1.54, 1.807) is 19.2 Å². The van der Waals surface area contributed by atoms with E-state index in [-0.39, 0.29) is 11.9 Å². The Morgan fingerprint density at radius 1 is 0.970 bits per heavy atom. The van der Waals surface area contributed by atoms with E-state index in [0.29, 0.717) is 49.2 Å². The molecule has 1 aliphatic heterocycles. The lowest BCUT2D eigenvalue weighted by Gasteiger charge is -2.28. The number of carbonyl (C=O) groups is 1. The number of hydrogen-bond acceptors (Lipinski definition) is 6. The minimum atomic E-state index is -0.174. The molecule has 7 heteroatoms. The standard InChI is InChI=1S/C26H36N2O5/c1-5-31-23-16-20(17-24(32-6-2)25(23)33-7-3)26(29)27-18-22(28-13-8-9-14-28)19-11-10-12-21(15-19)30-4/h10-12,15-17,22H,5-9,13-14,18H2,1-4H3,(H,27,29). The van der Waals surface area contributed by atoms with Crippen LogP contribution < -0.4 is 24.3 Å². The van der Waals surface area contributed by atoms with Gasteiger partial charge in [0.1, 0.15) is 5.75 Å². The number of nitrogens with zero attached hydrogens (tertiary/aromatic N) is 1. The van der Waals surface area contributed by atoms with Crippen LogP contribution >= 0.6 is 0 Å². The summed E-state index contributed by atoms with van der Waals surface area (Å²) in [6, 6.07) is 11.6. The molecule has 1 unspecified atom stereocenters. The zero-order valence-electron chi connectivity index (χ0n) is 20.2. The van der Waals surface area contributed by atoms with Crippen LogP contribution in [0.3, 0.4) is 0 Å². The van der Waals surface area contributed by atoms with Crippen molar-refractivity contribution in [2.75, 3.05) is 46.6 Å². The summed E-state index contributed by atoms with van der Waals surface area (Å²) < 4.78 is 22.7. The van der Waals surface area contributed by atoms with E-state index in [0.717, 1.165) is 24.4 Å². The highest BCUT2D eigenvalue weighted by molar-refractivity contribution is 5.95. The van der Waals surface area contributed by atoms with E-state index >= 15 is 0 Å². The van der Waals surface area contributed by atoms with Gasteiger partial charge in [0.15, 0.2) is 11.5 Å². The first kappa shape index (κ1) is 24.7. The summed E-state index contributed by atoms with van der Waals surface area (Å²) in [5.41, 5.74) is 1.62. The Morgan fingerprint density at radius 2 is 1.61 bits per heavy atom. The van der Waals surface area contributed by atoms with Gasteiger partial charge in [-0.05, 0) is 76.5 Å². The Kier molecular flexibility index (Phi) is 9.24. The first-order chi connectivity index (χ1) is 16.1. The Morgan fingerprint density at radius 3 is 2.18 bits per heavy atom. The average Bonchev–Trinajstić information content (AvgIpc) is 3.36. The molecule has 33 heavy (non-hydrogen) atoms. The minimum Gasteiger partial charge on any atom is -0.497 e. The number of rotatable bonds is 12. The van der Waals surface area contributed by atoms with E-state index in [1.165, 1.54) is 12.8 Å². The highest BCUT2D eigenvalue weighted by atomic mass is 16.5. The molecule has 0 spiro atoms. The van der Waals surface area contributed by atoms with Crippen LogP contribution in [0.15, 0.2) is 36.4 Å². The second-order valence-corrected chi connectivity index (χ2v) is 7.85. The fourth-order valence-corrected chi connectivity index (χ4v) is 4.17. The maximum Gasteiger partial charge on any atom is 0.251 e. The van der Waals surface area contributed by atoms with Crippen molar-refractivity contribution in [3.8, 4) is 23.0 Å². The maximum absolute atomic E-state index is 13.2. The molecule has 2 aromatic carbocycles. The second kappa shape index (κ2) is 12.3. The first-order valence-electron chi connectivity index (χ1n) is 11.8. The average molecular weight is 457 g/mol. The van der Waals surface area contributed by atoms with E-state index in [9.17, 15) is 4.79 Å². The molecule has 1 N–H and O–H groups in total. The molecule has 0 bridgehead atoms. The molecule has 180 valence electrons. The van der Waals surface area contributed by atoms with Crippen LogP contribution in [0.1, 0.15) is 55.6 Å². The van der Waals surface area contributed by atoms with Gasteiger partial charge in [0.05, 0.1) is 33.0 Å². The molecule has 1 aliphatic rings. The largest absolute Gasteiger partial charge is 0.497 e. The highest BCUT2D eigenvalue weighted by Crippen LogP contribution is 2.39. The molecule has 0 radical (unpaired) electrons. The van der Waals surface area contributed by atoms with Crippen LogP contribution in [0.4, 0.5) is 0 Å². The Labute approximate surface area is 197 Å². The van der Waals surface area contributed by atoms with Gasteiger partial charge >= 0.3 is 0 Å². The van der Waals surface area contributed by atoms with Crippen LogP contribution in [-0.4, -0.2) is 57.4 Å². The number of likely N-dealkylation sites (tertiary alicyclic amines) is 1. The Bertz CT molecular complexity index is 884. The summed E-state index contributed by atoms with van der Waals surface area (Å²) in [6.45, 7) is 9.63. The summed E-state index contributed by atoms with van der Waals surface area (Å²) in [7, 11) is 1.67. The van der Waals surface area contributed by atoms with Crippen molar-refractivity contribution >= 4 is 5.91 Å². The van der Waals surface area contributed by atoms with Gasteiger partial charge in [0.2, 0.25) is 5.75 Å². The Balaban J connectivity index is 1.83. The fourth-order valence-electron chi connectivity index (χ4n) is 4.17. The smallest absolute Gasteiger partial charge is 0.251 e. The normalized spacial score (nSPS) is 14.5. The maximum atomic E-state index is 13.2. The number of ether oxygens (including phenoxy) is 4. The van der Waals surface area contributed by atoms with Crippen LogP contribution in [0.2, 0.25) is 0 Å². The predicted octanol–water partition coefficient (Wildman–Crippen LogP) is 4.46. The quantitative estimate of drug-likeness (QED) is 0.509.